The van der Waals surface area contributed by atoms with E-state index >= 15 is 0 Å². The van der Waals surface area contributed by atoms with Crippen LogP contribution >= 0.6 is 15.9 Å². The van der Waals surface area contributed by atoms with Gasteiger partial charge in [-0.15, -0.1) is 0 Å². The first kappa shape index (κ1) is 16.2. The van der Waals surface area contributed by atoms with E-state index in [9.17, 15) is 10.1 Å². The summed E-state index contributed by atoms with van der Waals surface area (Å²) in [7, 11) is 2.16. The molecule has 0 unspecified atom stereocenters. The van der Waals surface area contributed by atoms with Crippen LogP contribution in [0.15, 0.2) is 16.6 Å². The monoisotopic (exact) mass is 355 g/mol. The highest BCUT2D eigenvalue weighted by Crippen LogP contribution is 2.34. The average molecular weight is 356 g/mol. The van der Waals surface area contributed by atoms with Gasteiger partial charge in [-0.1, -0.05) is 6.92 Å². The SMILES string of the molecule is Cc1cc(NCC2(C)CCN(C)CC2)c(Br)cc1[N+](=O)[O-]. The predicted molar refractivity (Wildman–Crippen MR) is 88.9 cm³/mol. The zero-order chi connectivity index (χ0) is 15.6. The van der Waals surface area contributed by atoms with Crippen LogP contribution in [0, 0.1) is 22.5 Å². The molecule has 5 nitrogen and oxygen atoms in total. The lowest BCUT2D eigenvalue weighted by Crippen LogP contribution is -2.40. The molecule has 0 bridgehead atoms. The lowest BCUT2D eigenvalue weighted by molar-refractivity contribution is -0.385. The fraction of sp³-hybridized carbons (Fsp3) is 0.600. The van der Waals surface area contributed by atoms with Gasteiger partial charge in [0.1, 0.15) is 0 Å². The molecule has 1 fully saturated rings. The second kappa shape index (κ2) is 6.32. The first-order valence-electron chi connectivity index (χ1n) is 7.18. The van der Waals surface area contributed by atoms with E-state index in [-0.39, 0.29) is 16.0 Å². The predicted octanol–water partition coefficient (Wildman–Crippen LogP) is 3.81. The Morgan fingerprint density at radius 1 is 1.43 bits per heavy atom. The zero-order valence-corrected chi connectivity index (χ0v) is 14.4. The number of nitrogens with zero attached hydrogens (tertiary/aromatic N) is 2. The topological polar surface area (TPSA) is 58.4 Å². The van der Waals surface area contributed by atoms with Crippen molar-refractivity contribution in [3.8, 4) is 0 Å². The second-order valence-electron chi connectivity index (χ2n) is 6.34. The van der Waals surface area contributed by atoms with Crippen molar-refractivity contribution >= 4 is 27.3 Å². The molecule has 0 spiro atoms. The molecule has 0 aromatic heterocycles. The lowest BCUT2D eigenvalue weighted by atomic mass is 9.80. The number of hydrogen-bond donors (Lipinski definition) is 1. The van der Waals surface area contributed by atoms with Gasteiger partial charge in [-0.25, -0.2) is 0 Å². The maximum atomic E-state index is 10.9. The molecular weight excluding hydrogens is 334 g/mol. The maximum absolute atomic E-state index is 10.9. The van der Waals surface area contributed by atoms with E-state index in [0.717, 1.165) is 29.8 Å². The molecule has 1 aliphatic rings. The quantitative estimate of drug-likeness (QED) is 0.658. The summed E-state index contributed by atoms with van der Waals surface area (Å²) >= 11 is 3.43. The number of anilines is 1. The van der Waals surface area contributed by atoms with Crippen LogP contribution in [0.1, 0.15) is 25.3 Å². The van der Waals surface area contributed by atoms with Crippen molar-refractivity contribution in [2.45, 2.75) is 26.7 Å². The molecule has 1 heterocycles. The summed E-state index contributed by atoms with van der Waals surface area (Å²) in [5, 5.41) is 14.4. The Morgan fingerprint density at radius 3 is 2.62 bits per heavy atom. The number of piperidine rings is 1. The van der Waals surface area contributed by atoms with E-state index < -0.39 is 0 Å². The number of nitrogens with one attached hydrogen (secondary N) is 1. The van der Waals surface area contributed by atoms with Gasteiger partial charge in [0.2, 0.25) is 0 Å². The van der Waals surface area contributed by atoms with Crippen LogP contribution in [-0.2, 0) is 0 Å². The van der Waals surface area contributed by atoms with Gasteiger partial charge < -0.3 is 10.2 Å². The van der Waals surface area contributed by atoms with Crippen molar-refractivity contribution in [3.63, 3.8) is 0 Å². The maximum Gasteiger partial charge on any atom is 0.273 e. The van der Waals surface area contributed by atoms with Crippen LogP contribution in [-0.4, -0.2) is 36.5 Å². The highest BCUT2D eigenvalue weighted by atomic mass is 79.9. The summed E-state index contributed by atoms with van der Waals surface area (Å²) in [6.45, 7) is 7.21. The van der Waals surface area contributed by atoms with Crippen LogP contribution in [0.25, 0.3) is 0 Å². The fourth-order valence-electron chi connectivity index (χ4n) is 2.65. The first-order chi connectivity index (χ1) is 9.81. The normalized spacial score (nSPS) is 18.5. The standard InChI is InChI=1S/C15H22BrN3O2/c1-11-8-13(12(16)9-14(11)19(20)21)17-10-15(2)4-6-18(3)7-5-15/h8-9,17H,4-7,10H2,1-3H3. The number of rotatable bonds is 4. The first-order valence-corrected chi connectivity index (χ1v) is 7.97. The van der Waals surface area contributed by atoms with Gasteiger partial charge >= 0.3 is 0 Å². The molecule has 21 heavy (non-hydrogen) atoms. The lowest BCUT2D eigenvalue weighted by Gasteiger charge is -2.38. The average Bonchev–Trinajstić information content (AvgIpc) is 2.43. The molecule has 0 radical (unpaired) electrons. The third-order valence-corrected chi connectivity index (χ3v) is 5.04. The summed E-state index contributed by atoms with van der Waals surface area (Å²) in [6.07, 6.45) is 2.33. The van der Waals surface area contributed by atoms with Crippen LogP contribution in [0.3, 0.4) is 0 Å². The summed E-state index contributed by atoms with van der Waals surface area (Å²) < 4.78 is 0.747. The largest absolute Gasteiger partial charge is 0.384 e. The van der Waals surface area contributed by atoms with Gasteiger partial charge in [-0.2, -0.15) is 0 Å². The number of likely N-dealkylation sites (tertiary alicyclic amines) is 1. The van der Waals surface area contributed by atoms with Crippen molar-refractivity contribution in [3.05, 3.63) is 32.3 Å². The zero-order valence-electron chi connectivity index (χ0n) is 12.8. The number of benzene rings is 1. The van der Waals surface area contributed by atoms with Crippen molar-refractivity contribution in [2.24, 2.45) is 5.41 Å². The van der Waals surface area contributed by atoms with Gasteiger partial charge in [-0.3, -0.25) is 10.1 Å². The van der Waals surface area contributed by atoms with Gasteiger partial charge in [0.25, 0.3) is 5.69 Å². The fourth-order valence-corrected chi connectivity index (χ4v) is 3.12. The minimum Gasteiger partial charge on any atom is -0.384 e. The molecule has 1 aromatic rings. The van der Waals surface area contributed by atoms with E-state index in [0.29, 0.717) is 5.56 Å². The third-order valence-electron chi connectivity index (χ3n) is 4.38. The van der Waals surface area contributed by atoms with E-state index in [2.05, 4.69) is 40.1 Å². The van der Waals surface area contributed by atoms with Gasteiger partial charge in [-0.05, 0) is 67.3 Å². The van der Waals surface area contributed by atoms with Gasteiger partial charge in [0.15, 0.2) is 0 Å². The molecule has 1 saturated heterocycles. The van der Waals surface area contributed by atoms with Crippen molar-refractivity contribution in [1.82, 2.24) is 4.90 Å². The second-order valence-corrected chi connectivity index (χ2v) is 7.20. The van der Waals surface area contributed by atoms with Crippen molar-refractivity contribution in [1.29, 1.82) is 0 Å². The van der Waals surface area contributed by atoms with Crippen LogP contribution in [0.2, 0.25) is 0 Å². The molecule has 6 heteroatoms. The molecule has 2 rings (SSSR count). The molecular formula is C15H22BrN3O2. The Morgan fingerprint density at radius 2 is 2.05 bits per heavy atom. The number of aryl methyl sites for hydroxylation is 1. The summed E-state index contributed by atoms with van der Waals surface area (Å²) in [6, 6.07) is 3.43. The Hall–Kier alpha value is -1.14. The van der Waals surface area contributed by atoms with Gasteiger partial charge in [0.05, 0.1) is 4.92 Å². The summed E-state index contributed by atoms with van der Waals surface area (Å²) in [5.41, 5.74) is 2.04. The summed E-state index contributed by atoms with van der Waals surface area (Å²) in [4.78, 5) is 12.9. The third kappa shape index (κ3) is 3.95. The number of nitro groups is 1. The van der Waals surface area contributed by atoms with Crippen molar-refractivity contribution < 1.29 is 4.92 Å². The van der Waals surface area contributed by atoms with Crippen LogP contribution < -0.4 is 5.32 Å². The minimum absolute atomic E-state index is 0.151. The number of hydrogen-bond acceptors (Lipinski definition) is 4. The Bertz CT molecular complexity index is 540. The van der Waals surface area contributed by atoms with Gasteiger partial charge in [0, 0.05) is 28.3 Å². The van der Waals surface area contributed by atoms with Crippen LogP contribution in [0.4, 0.5) is 11.4 Å². The van der Waals surface area contributed by atoms with Crippen LogP contribution in [0.5, 0.6) is 0 Å². The number of halogens is 1. The molecule has 0 aliphatic carbocycles. The molecule has 1 aromatic carbocycles. The number of nitro benzene ring substituents is 1. The van der Waals surface area contributed by atoms with Crippen molar-refractivity contribution in [2.75, 3.05) is 32.0 Å². The molecule has 1 aliphatic heterocycles. The molecule has 116 valence electrons. The Kier molecular flexibility index (Phi) is 4.88. The Labute approximate surface area is 134 Å². The summed E-state index contributed by atoms with van der Waals surface area (Å²) in [5.74, 6) is 0. The van der Waals surface area contributed by atoms with E-state index in [1.807, 2.05) is 6.07 Å². The highest BCUT2D eigenvalue weighted by molar-refractivity contribution is 9.10. The smallest absolute Gasteiger partial charge is 0.273 e. The molecule has 0 amide bonds. The minimum atomic E-state index is -0.345. The van der Waals surface area contributed by atoms with E-state index in [1.54, 1.807) is 13.0 Å². The molecule has 0 atom stereocenters. The molecule has 1 N–H and O–H groups in total. The molecule has 0 saturated carbocycles. The Balaban J connectivity index is 2.07. The van der Waals surface area contributed by atoms with E-state index in [1.165, 1.54) is 12.8 Å². The van der Waals surface area contributed by atoms with E-state index in [4.69, 9.17) is 0 Å². The highest BCUT2D eigenvalue weighted by Gasteiger charge is 2.28.